The summed E-state index contributed by atoms with van der Waals surface area (Å²) in [6.45, 7) is 2.77. The van der Waals surface area contributed by atoms with Crippen molar-refractivity contribution in [1.82, 2.24) is 5.32 Å². The van der Waals surface area contributed by atoms with E-state index >= 15 is 0 Å². The number of allylic oxidation sites excluding steroid dienone is 9. The van der Waals surface area contributed by atoms with Gasteiger partial charge in [0.15, 0.2) is 12.6 Å². The molecular formula is C66H119NO13. The van der Waals surface area contributed by atoms with Gasteiger partial charge in [-0.2, -0.15) is 0 Å². The van der Waals surface area contributed by atoms with E-state index in [4.69, 9.17) is 18.9 Å². The summed E-state index contributed by atoms with van der Waals surface area (Å²) in [4.78, 5) is 13.3. The van der Waals surface area contributed by atoms with E-state index in [1.54, 1.807) is 6.08 Å². The van der Waals surface area contributed by atoms with Gasteiger partial charge in [-0.05, 0) is 70.6 Å². The molecule has 80 heavy (non-hydrogen) atoms. The predicted molar refractivity (Wildman–Crippen MR) is 323 cm³/mol. The molecule has 2 aliphatic rings. The molecule has 14 nitrogen and oxygen atoms in total. The maximum Gasteiger partial charge on any atom is 0.220 e. The second-order valence-corrected chi connectivity index (χ2v) is 22.9. The first kappa shape index (κ1) is 73.8. The molecule has 0 bridgehead atoms. The van der Waals surface area contributed by atoms with E-state index in [9.17, 15) is 45.6 Å². The fraction of sp³-hybridized carbons (Fsp3) is 0.833. The highest BCUT2D eigenvalue weighted by atomic mass is 16.7. The van der Waals surface area contributed by atoms with Crippen LogP contribution in [0.1, 0.15) is 258 Å². The summed E-state index contributed by atoms with van der Waals surface area (Å²) in [5, 5.41) is 87.1. The van der Waals surface area contributed by atoms with Crippen molar-refractivity contribution in [2.75, 3.05) is 19.8 Å². The van der Waals surface area contributed by atoms with Gasteiger partial charge in [0, 0.05) is 6.42 Å². The summed E-state index contributed by atoms with van der Waals surface area (Å²) >= 11 is 0. The first-order valence-corrected chi connectivity index (χ1v) is 32.5. The monoisotopic (exact) mass is 1130 g/mol. The summed E-state index contributed by atoms with van der Waals surface area (Å²) in [6.07, 6.45) is 49.9. The van der Waals surface area contributed by atoms with Crippen LogP contribution in [-0.2, 0) is 23.7 Å². The van der Waals surface area contributed by atoms with Crippen LogP contribution >= 0.6 is 0 Å². The van der Waals surface area contributed by atoms with Crippen molar-refractivity contribution < 1.29 is 64.6 Å². The summed E-state index contributed by atoms with van der Waals surface area (Å²) in [5.74, 6) is -0.249. The normalized spacial score (nSPS) is 24.6. The number of nitrogens with one attached hydrogen (secondary N) is 1. The Labute approximate surface area is 486 Å². The van der Waals surface area contributed by atoms with Gasteiger partial charge in [0.05, 0.1) is 32.0 Å². The van der Waals surface area contributed by atoms with E-state index in [1.807, 2.05) is 6.08 Å². The van der Waals surface area contributed by atoms with Gasteiger partial charge in [0.25, 0.3) is 0 Å². The van der Waals surface area contributed by atoms with E-state index in [-0.39, 0.29) is 18.9 Å². The van der Waals surface area contributed by atoms with Crippen molar-refractivity contribution in [3.63, 3.8) is 0 Å². The highest BCUT2D eigenvalue weighted by Crippen LogP contribution is 2.30. The third kappa shape index (κ3) is 35.7. The van der Waals surface area contributed by atoms with Gasteiger partial charge in [-0.3, -0.25) is 4.79 Å². The Kier molecular flexibility index (Phi) is 47.2. The van der Waals surface area contributed by atoms with Crippen LogP contribution in [0.4, 0.5) is 0 Å². The summed E-state index contributed by atoms with van der Waals surface area (Å²) < 4.78 is 22.8. The summed E-state index contributed by atoms with van der Waals surface area (Å²) in [6, 6.07) is -0.933. The fourth-order valence-corrected chi connectivity index (χ4v) is 10.4. The van der Waals surface area contributed by atoms with Crippen molar-refractivity contribution >= 4 is 5.91 Å². The SMILES string of the molecule is CCCCCCC/C=C\C/C=C\C/C=C\CCCCCCCCCCCCCCCCCCC(=O)NC(COC1OC(CO)C(OC2OC(CO)C(O)C(O)C2O)C(O)C1O)C(O)/C=C/CC/C=C/CCCCCCCCCCC. The van der Waals surface area contributed by atoms with Gasteiger partial charge in [-0.15, -0.1) is 0 Å². The van der Waals surface area contributed by atoms with Crippen LogP contribution in [0.2, 0.25) is 0 Å². The fourth-order valence-electron chi connectivity index (χ4n) is 10.4. The molecule has 14 heteroatoms. The Morgan fingerprint density at radius 3 is 1.31 bits per heavy atom. The Balaban J connectivity index is 1.67. The molecule has 466 valence electrons. The van der Waals surface area contributed by atoms with Crippen molar-refractivity contribution in [2.24, 2.45) is 0 Å². The lowest BCUT2D eigenvalue weighted by atomic mass is 9.97. The lowest BCUT2D eigenvalue weighted by Crippen LogP contribution is -2.65. The number of carbonyl (C=O) groups excluding carboxylic acids is 1. The molecule has 0 saturated carbocycles. The second kappa shape index (κ2) is 51.1. The quantitative estimate of drug-likeness (QED) is 0.0204. The molecule has 2 heterocycles. The zero-order valence-corrected chi connectivity index (χ0v) is 50.3. The van der Waals surface area contributed by atoms with E-state index in [2.05, 4.69) is 67.8 Å². The Morgan fingerprint density at radius 2 is 0.838 bits per heavy atom. The van der Waals surface area contributed by atoms with Gasteiger partial charge in [-0.25, -0.2) is 0 Å². The minimum Gasteiger partial charge on any atom is -0.394 e. The van der Waals surface area contributed by atoms with Crippen molar-refractivity contribution in [2.45, 2.75) is 331 Å². The van der Waals surface area contributed by atoms with Gasteiger partial charge in [0.2, 0.25) is 5.91 Å². The van der Waals surface area contributed by atoms with E-state index in [0.717, 1.165) is 44.9 Å². The zero-order chi connectivity index (χ0) is 58.1. The molecule has 2 fully saturated rings. The maximum absolute atomic E-state index is 13.3. The van der Waals surface area contributed by atoms with Gasteiger partial charge < -0.3 is 65.1 Å². The number of rotatable bonds is 52. The molecule has 12 atom stereocenters. The first-order valence-electron chi connectivity index (χ1n) is 32.5. The van der Waals surface area contributed by atoms with Crippen molar-refractivity contribution in [3.05, 3.63) is 60.8 Å². The van der Waals surface area contributed by atoms with E-state index < -0.39 is 86.8 Å². The van der Waals surface area contributed by atoms with Crippen LogP contribution in [0, 0.1) is 0 Å². The number of amides is 1. The lowest BCUT2D eigenvalue weighted by molar-refractivity contribution is -0.359. The van der Waals surface area contributed by atoms with Crippen LogP contribution < -0.4 is 5.32 Å². The Bertz CT molecular complexity index is 1570. The predicted octanol–water partition coefficient (Wildman–Crippen LogP) is 12.1. The molecule has 1 amide bonds. The van der Waals surface area contributed by atoms with Gasteiger partial charge in [-0.1, -0.05) is 242 Å². The Hall–Kier alpha value is -2.31. The molecule has 0 aromatic heterocycles. The smallest absolute Gasteiger partial charge is 0.220 e. The van der Waals surface area contributed by atoms with E-state index in [1.165, 1.54) is 180 Å². The van der Waals surface area contributed by atoms with Crippen molar-refractivity contribution in [3.8, 4) is 0 Å². The maximum atomic E-state index is 13.3. The van der Waals surface area contributed by atoms with Crippen LogP contribution in [0.15, 0.2) is 60.8 Å². The van der Waals surface area contributed by atoms with Gasteiger partial charge in [0.1, 0.15) is 48.8 Å². The van der Waals surface area contributed by atoms with Crippen LogP contribution in [0.5, 0.6) is 0 Å². The number of unbranched alkanes of at least 4 members (excludes halogenated alkanes) is 31. The standard InChI is InChI=1S/C66H119NO13/c1-3-5-7-9-11-13-15-17-19-20-21-22-23-24-25-26-27-28-29-30-31-32-33-34-36-38-40-42-44-46-48-50-58(71)67-54(55(70)49-47-45-43-41-39-37-35-18-16-14-12-10-8-6-4-2)53-77-65-63(76)61(74)64(57(52-69)79-65)80-66-62(75)60(73)59(72)56(51-68)78-66/h15,17,20-21,23-24,39,41,47,49,54-57,59-66,68-70,72-76H,3-14,16,18-19,22,25-38,40,42-46,48,50-53H2,1-2H3,(H,67,71)/b17-15-,21-20-,24-23-,41-39+,49-47+. The number of hydrogen-bond donors (Lipinski definition) is 9. The molecule has 0 radical (unpaired) electrons. The summed E-state index contributed by atoms with van der Waals surface area (Å²) in [7, 11) is 0. The highest BCUT2D eigenvalue weighted by Gasteiger charge is 2.51. The number of ether oxygens (including phenoxy) is 4. The molecule has 0 aliphatic carbocycles. The minimum absolute atomic E-state index is 0.249. The van der Waals surface area contributed by atoms with E-state index in [0.29, 0.717) is 12.8 Å². The zero-order valence-electron chi connectivity index (χ0n) is 50.3. The molecule has 0 aromatic rings. The average molecular weight is 1130 g/mol. The second-order valence-electron chi connectivity index (χ2n) is 22.9. The molecule has 0 aromatic carbocycles. The Morgan fingerprint density at radius 1 is 0.450 bits per heavy atom. The molecule has 0 spiro atoms. The number of aliphatic hydroxyl groups excluding tert-OH is 8. The largest absolute Gasteiger partial charge is 0.394 e. The highest BCUT2D eigenvalue weighted by molar-refractivity contribution is 5.76. The third-order valence-corrected chi connectivity index (χ3v) is 15.7. The molecule has 2 saturated heterocycles. The summed E-state index contributed by atoms with van der Waals surface area (Å²) in [5.41, 5.74) is 0. The lowest BCUT2D eigenvalue weighted by Gasteiger charge is -2.46. The number of carbonyl (C=O) groups is 1. The van der Waals surface area contributed by atoms with Crippen LogP contribution in [-0.4, -0.2) is 140 Å². The average Bonchev–Trinajstić information content (AvgIpc) is 3.46. The van der Waals surface area contributed by atoms with Crippen LogP contribution in [0.3, 0.4) is 0 Å². The van der Waals surface area contributed by atoms with Crippen molar-refractivity contribution in [1.29, 1.82) is 0 Å². The molecule has 9 N–H and O–H groups in total. The molecule has 12 unspecified atom stereocenters. The topological polar surface area (TPSA) is 228 Å². The molecule has 2 aliphatic heterocycles. The molecule has 2 rings (SSSR count). The van der Waals surface area contributed by atoms with Crippen LogP contribution in [0.25, 0.3) is 0 Å². The first-order chi connectivity index (χ1) is 39.1. The minimum atomic E-state index is -1.79. The third-order valence-electron chi connectivity index (χ3n) is 15.7. The number of aliphatic hydroxyl groups is 8. The van der Waals surface area contributed by atoms with Gasteiger partial charge >= 0.3 is 0 Å². The molecular weight excluding hydrogens is 1010 g/mol. The number of hydrogen-bond acceptors (Lipinski definition) is 13.